The Morgan fingerprint density at radius 2 is 2.22 bits per heavy atom. The Kier molecular flexibility index (Phi) is 3.60. The highest BCUT2D eigenvalue weighted by atomic mass is 16.4. The van der Waals surface area contributed by atoms with E-state index in [-0.39, 0.29) is 24.3 Å². The van der Waals surface area contributed by atoms with Gasteiger partial charge in [-0.2, -0.15) is 0 Å². The van der Waals surface area contributed by atoms with Gasteiger partial charge in [-0.15, -0.1) is 0 Å². The maximum atomic E-state index is 11.9. The van der Waals surface area contributed by atoms with E-state index < -0.39 is 5.97 Å². The third-order valence-electron chi connectivity index (χ3n) is 3.19. The van der Waals surface area contributed by atoms with E-state index in [1.54, 1.807) is 18.3 Å². The molecule has 0 aliphatic heterocycles. The van der Waals surface area contributed by atoms with Gasteiger partial charge in [0.1, 0.15) is 0 Å². The Morgan fingerprint density at radius 1 is 1.50 bits per heavy atom. The number of nitrogens with zero attached hydrogens (tertiary/aromatic N) is 1. The van der Waals surface area contributed by atoms with Crippen molar-refractivity contribution in [3.63, 3.8) is 0 Å². The molecule has 5 nitrogen and oxygen atoms in total. The van der Waals surface area contributed by atoms with Crippen LogP contribution in [-0.4, -0.2) is 28.0 Å². The number of carbonyl (C=O) groups is 2. The molecule has 0 bridgehead atoms. The summed E-state index contributed by atoms with van der Waals surface area (Å²) >= 11 is 0. The third-order valence-corrected chi connectivity index (χ3v) is 3.19. The first-order valence-corrected chi connectivity index (χ1v) is 6.00. The maximum Gasteiger partial charge on any atom is 0.303 e. The first kappa shape index (κ1) is 12.5. The largest absolute Gasteiger partial charge is 0.481 e. The minimum absolute atomic E-state index is 0.107. The van der Waals surface area contributed by atoms with E-state index >= 15 is 0 Å². The van der Waals surface area contributed by atoms with Gasteiger partial charge < -0.3 is 10.4 Å². The molecule has 2 N–H and O–H groups in total. The van der Waals surface area contributed by atoms with E-state index in [0.717, 1.165) is 18.5 Å². The summed E-state index contributed by atoms with van der Waals surface area (Å²) in [6, 6.07) is 3.52. The number of aromatic nitrogens is 1. The van der Waals surface area contributed by atoms with E-state index in [4.69, 9.17) is 5.11 Å². The second-order valence-corrected chi connectivity index (χ2v) is 4.79. The molecule has 1 aliphatic rings. The minimum Gasteiger partial charge on any atom is -0.481 e. The predicted molar refractivity (Wildman–Crippen MR) is 65.2 cm³/mol. The van der Waals surface area contributed by atoms with E-state index in [2.05, 4.69) is 10.3 Å². The Labute approximate surface area is 105 Å². The summed E-state index contributed by atoms with van der Waals surface area (Å²) in [7, 11) is 0. The molecule has 18 heavy (non-hydrogen) atoms. The van der Waals surface area contributed by atoms with Gasteiger partial charge >= 0.3 is 5.97 Å². The topological polar surface area (TPSA) is 79.3 Å². The van der Waals surface area contributed by atoms with Crippen LogP contribution in [0, 0.1) is 12.8 Å². The highest BCUT2D eigenvalue weighted by molar-refractivity contribution is 5.94. The second-order valence-electron chi connectivity index (χ2n) is 4.79. The van der Waals surface area contributed by atoms with Gasteiger partial charge in [0.15, 0.2) is 0 Å². The zero-order valence-electron chi connectivity index (χ0n) is 10.2. The fraction of sp³-hybridized carbons (Fsp3) is 0.462. The summed E-state index contributed by atoms with van der Waals surface area (Å²) in [4.78, 5) is 26.4. The number of hydrogen-bond donors (Lipinski definition) is 2. The van der Waals surface area contributed by atoms with Crippen LogP contribution in [-0.2, 0) is 4.79 Å². The van der Waals surface area contributed by atoms with Gasteiger partial charge in [0.05, 0.1) is 0 Å². The summed E-state index contributed by atoms with van der Waals surface area (Å²) in [6.07, 6.45) is 3.31. The fourth-order valence-corrected chi connectivity index (χ4v) is 2.22. The Bertz CT molecular complexity index is 467. The Hall–Kier alpha value is -1.91. The zero-order valence-corrected chi connectivity index (χ0v) is 10.2. The quantitative estimate of drug-likeness (QED) is 0.843. The van der Waals surface area contributed by atoms with Crippen LogP contribution in [0.15, 0.2) is 18.3 Å². The van der Waals surface area contributed by atoms with Gasteiger partial charge in [-0.3, -0.25) is 14.6 Å². The molecular formula is C13H16N2O3. The molecule has 1 aliphatic carbocycles. The predicted octanol–water partition coefficient (Wildman–Crippen LogP) is 1.37. The van der Waals surface area contributed by atoms with Gasteiger partial charge in [-0.05, 0) is 37.8 Å². The number of rotatable bonds is 4. The summed E-state index contributed by atoms with van der Waals surface area (Å²) in [5.41, 5.74) is 1.41. The monoisotopic (exact) mass is 248 g/mol. The molecular weight excluding hydrogens is 232 g/mol. The average molecular weight is 248 g/mol. The molecule has 0 atom stereocenters. The van der Waals surface area contributed by atoms with Crippen LogP contribution in [0.25, 0.3) is 0 Å². The molecule has 1 saturated carbocycles. The van der Waals surface area contributed by atoms with Crippen LogP contribution in [0.3, 0.4) is 0 Å². The molecule has 1 fully saturated rings. The first-order chi connectivity index (χ1) is 8.54. The molecule has 0 aromatic carbocycles. The fourth-order valence-electron chi connectivity index (χ4n) is 2.22. The second kappa shape index (κ2) is 5.16. The van der Waals surface area contributed by atoms with Crippen LogP contribution in [0.5, 0.6) is 0 Å². The summed E-state index contributed by atoms with van der Waals surface area (Å²) in [5, 5.41) is 11.5. The lowest BCUT2D eigenvalue weighted by atomic mass is 9.78. The van der Waals surface area contributed by atoms with Crippen molar-refractivity contribution in [3.8, 4) is 0 Å². The molecule has 1 aromatic heterocycles. The molecule has 0 saturated heterocycles. The van der Waals surface area contributed by atoms with Crippen molar-refractivity contribution < 1.29 is 14.7 Å². The van der Waals surface area contributed by atoms with Crippen molar-refractivity contribution in [2.45, 2.75) is 32.2 Å². The van der Waals surface area contributed by atoms with E-state index in [1.807, 2.05) is 6.92 Å². The summed E-state index contributed by atoms with van der Waals surface area (Å²) in [5.74, 6) is -0.680. The van der Waals surface area contributed by atoms with Crippen LogP contribution < -0.4 is 5.32 Å². The average Bonchev–Trinajstić information content (AvgIpc) is 2.25. The van der Waals surface area contributed by atoms with Crippen molar-refractivity contribution in [3.05, 3.63) is 29.6 Å². The van der Waals surface area contributed by atoms with Gasteiger partial charge in [0.25, 0.3) is 5.91 Å². The molecule has 1 heterocycles. The lowest BCUT2D eigenvalue weighted by Crippen LogP contribution is -2.44. The zero-order chi connectivity index (χ0) is 13.1. The molecule has 2 rings (SSSR count). The molecule has 1 amide bonds. The number of hydrogen-bond acceptors (Lipinski definition) is 3. The van der Waals surface area contributed by atoms with Crippen LogP contribution in [0.4, 0.5) is 0 Å². The maximum absolute atomic E-state index is 11.9. The number of carboxylic acids is 1. The van der Waals surface area contributed by atoms with Crippen molar-refractivity contribution in [1.82, 2.24) is 10.3 Å². The third kappa shape index (κ3) is 3.06. The normalized spacial score (nSPS) is 22.1. The molecule has 5 heteroatoms. The number of aliphatic carboxylic acids is 1. The van der Waals surface area contributed by atoms with Crippen molar-refractivity contribution in [1.29, 1.82) is 0 Å². The number of pyridine rings is 1. The van der Waals surface area contributed by atoms with Crippen LogP contribution in [0.1, 0.15) is 35.3 Å². The molecule has 0 unspecified atom stereocenters. The highest BCUT2D eigenvalue weighted by Crippen LogP contribution is 2.30. The summed E-state index contributed by atoms with van der Waals surface area (Å²) in [6.45, 7) is 1.84. The SMILES string of the molecule is Cc1cc(C(=O)NC2CC(CC(=O)O)C2)ccn1. The van der Waals surface area contributed by atoms with Crippen molar-refractivity contribution in [2.75, 3.05) is 0 Å². The van der Waals surface area contributed by atoms with E-state index in [0.29, 0.717) is 5.56 Å². The van der Waals surface area contributed by atoms with Crippen LogP contribution in [0.2, 0.25) is 0 Å². The van der Waals surface area contributed by atoms with Gasteiger partial charge in [0.2, 0.25) is 0 Å². The number of carboxylic acid groups (broad SMARTS) is 1. The Morgan fingerprint density at radius 3 is 2.83 bits per heavy atom. The standard InChI is InChI=1S/C13H16N2O3/c1-8-4-10(2-3-14-8)13(18)15-11-5-9(6-11)7-12(16)17/h2-4,9,11H,5-7H2,1H3,(H,15,18)(H,16,17). The lowest BCUT2D eigenvalue weighted by Gasteiger charge is -2.34. The van der Waals surface area contributed by atoms with E-state index in [1.165, 1.54) is 0 Å². The van der Waals surface area contributed by atoms with Gasteiger partial charge in [-0.25, -0.2) is 0 Å². The summed E-state index contributed by atoms with van der Waals surface area (Å²) < 4.78 is 0. The van der Waals surface area contributed by atoms with Crippen molar-refractivity contribution >= 4 is 11.9 Å². The molecule has 0 spiro atoms. The molecule has 1 aromatic rings. The van der Waals surface area contributed by atoms with Crippen molar-refractivity contribution in [2.24, 2.45) is 5.92 Å². The van der Waals surface area contributed by atoms with Gasteiger partial charge in [0, 0.05) is 29.9 Å². The Balaban J connectivity index is 1.82. The number of amides is 1. The number of nitrogens with one attached hydrogen (secondary N) is 1. The number of carbonyl (C=O) groups excluding carboxylic acids is 1. The number of aryl methyl sites for hydroxylation is 1. The smallest absolute Gasteiger partial charge is 0.303 e. The first-order valence-electron chi connectivity index (χ1n) is 6.00. The minimum atomic E-state index is -0.769. The van der Waals surface area contributed by atoms with E-state index in [9.17, 15) is 9.59 Å². The van der Waals surface area contributed by atoms with Crippen LogP contribution >= 0.6 is 0 Å². The highest BCUT2D eigenvalue weighted by Gasteiger charge is 2.31. The molecule has 0 radical (unpaired) electrons. The van der Waals surface area contributed by atoms with Gasteiger partial charge in [-0.1, -0.05) is 0 Å². The molecule has 96 valence electrons. The lowest BCUT2D eigenvalue weighted by molar-refractivity contribution is -0.138.